The zero-order valence-corrected chi connectivity index (χ0v) is 11.2. The SMILES string of the molecule is CC(C)CN(CC(N)=O)C(=O)C(C)(C)CCl. The normalized spacial score (nSPS) is 11.6. The molecular formula is C11H21ClN2O2. The summed E-state index contributed by atoms with van der Waals surface area (Å²) in [5, 5.41) is 0. The molecular weight excluding hydrogens is 228 g/mol. The van der Waals surface area contributed by atoms with Gasteiger partial charge in [0.25, 0.3) is 0 Å². The van der Waals surface area contributed by atoms with Gasteiger partial charge >= 0.3 is 0 Å². The lowest BCUT2D eigenvalue weighted by molar-refractivity contribution is -0.142. The highest BCUT2D eigenvalue weighted by atomic mass is 35.5. The molecule has 0 bridgehead atoms. The largest absolute Gasteiger partial charge is 0.368 e. The summed E-state index contributed by atoms with van der Waals surface area (Å²) in [5.41, 5.74) is 4.46. The Morgan fingerprint density at radius 2 is 1.88 bits per heavy atom. The molecule has 5 heteroatoms. The molecule has 2 amide bonds. The third-order valence-corrected chi connectivity index (χ3v) is 2.80. The third-order valence-electron chi connectivity index (χ3n) is 2.13. The first kappa shape index (κ1) is 15.2. The van der Waals surface area contributed by atoms with E-state index in [2.05, 4.69) is 0 Å². The highest BCUT2D eigenvalue weighted by Crippen LogP contribution is 2.21. The van der Waals surface area contributed by atoms with Crippen molar-refractivity contribution in [2.24, 2.45) is 17.1 Å². The third kappa shape index (κ3) is 4.84. The lowest BCUT2D eigenvalue weighted by Gasteiger charge is -2.31. The first-order chi connectivity index (χ1) is 7.20. The van der Waals surface area contributed by atoms with E-state index in [1.807, 2.05) is 13.8 Å². The van der Waals surface area contributed by atoms with Crippen LogP contribution in [0, 0.1) is 11.3 Å². The molecule has 0 radical (unpaired) electrons. The molecule has 0 aromatic rings. The maximum absolute atomic E-state index is 12.1. The van der Waals surface area contributed by atoms with Crippen molar-refractivity contribution in [3.8, 4) is 0 Å². The van der Waals surface area contributed by atoms with Gasteiger partial charge in [-0.25, -0.2) is 0 Å². The number of hydrogen-bond acceptors (Lipinski definition) is 2. The van der Waals surface area contributed by atoms with Gasteiger partial charge in [0.05, 0.1) is 12.0 Å². The second-order valence-corrected chi connectivity index (χ2v) is 5.33. The van der Waals surface area contributed by atoms with Crippen molar-refractivity contribution in [3.05, 3.63) is 0 Å². The minimum absolute atomic E-state index is 0.0443. The van der Waals surface area contributed by atoms with E-state index in [9.17, 15) is 9.59 Å². The predicted octanol–water partition coefficient (Wildman–Crippen LogP) is 1.22. The molecule has 4 nitrogen and oxygen atoms in total. The Kier molecular flexibility index (Phi) is 5.79. The van der Waals surface area contributed by atoms with Gasteiger partial charge in [0, 0.05) is 12.4 Å². The number of carbonyl (C=O) groups excluding carboxylic acids is 2. The zero-order chi connectivity index (χ0) is 12.9. The second kappa shape index (κ2) is 6.09. The average Bonchev–Trinajstić information content (AvgIpc) is 2.14. The van der Waals surface area contributed by atoms with E-state index < -0.39 is 11.3 Å². The predicted molar refractivity (Wildman–Crippen MR) is 65.1 cm³/mol. The summed E-state index contributed by atoms with van der Waals surface area (Å²) in [6.07, 6.45) is 0. The van der Waals surface area contributed by atoms with Crippen molar-refractivity contribution in [3.63, 3.8) is 0 Å². The number of amides is 2. The van der Waals surface area contributed by atoms with Crippen LogP contribution < -0.4 is 5.73 Å². The van der Waals surface area contributed by atoms with Crippen LogP contribution >= 0.6 is 11.6 Å². The quantitative estimate of drug-likeness (QED) is 0.719. The van der Waals surface area contributed by atoms with Crippen molar-refractivity contribution >= 4 is 23.4 Å². The van der Waals surface area contributed by atoms with Crippen LogP contribution in [0.5, 0.6) is 0 Å². The summed E-state index contributed by atoms with van der Waals surface area (Å²) in [6.45, 7) is 7.96. The minimum Gasteiger partial charge on any atom is -0.368 e. The fourth-order valence-corrected chi connectivity index (χ4v) is 1.45. The van der Waals surface area contributed by atoms with Crippen LogP contribution in [0.15, 0.2) is 0 Å². The van der Waals surface area contributed by atoms with Gasteiger partial charge in [-0.1, -0.05) is 13.8 Å². The van der Waals surface area contributed by atoms with Crippen molar-refractivity contribution in [1.29, 1.82) is 0 Å². The maximum atomic E-state index is 12.1. The van der Waals surface area contributed by atoms with Crippen LogP contribution in [-0.2, 0) is 9.59 Å². The first-order valence-corrected chi connectivity index (χ1v) is 5.87. The summed E-state index contributed by atoms with van der Waals surface area (Å²) in [5.74, 6) is -0.122. The van der Waals surface area contributed by atoms with Gasteiger partial charge in [0.15, 0.2) is 0 Å². The van der Waals surface area contributed by atoms with Crippen LogP contribution in [-0.4, -0.2) is 35.7 Å². The molecule has 0 aliphatic heterocycles. The minimum atomic E-state index is -0.661. The monoisotopic (exact) mass is 248 g/mol. The number of rotatable bonds is 6. The van der Waals surface area contributed by atoms with Crippen molar-refractivity contribution in [2.75, 3.05) is 19.0 Å². The second-order valence-electron chi connectivity index (χ2n) is 5.06. The van der Waals surface area contributed by atoms with Crippen molar-refractivity contribution < 1.29 is 9.59 Å². The molecule has 0 unspecified atom stereocenters. The molecule has 0 aliphatic rings. The summed E-state index contributed by atoms with van der Waals surface area (Å²) >= 11 is 5.74. The fourth-order valence-electron chi connectivity index (χ4n) is 1.33. The summed E-state index contributed by atoms with van der Waals surface area (Å²) in [4.78, 5) is 24.5. The highest BCUT2D eigenvalue weighted by molar-refractivity contribution is 6.19. The molecule has 2 N–H and O–H groups in total. The molecule has 0 aromatic carbocycles. The number of carbonyl (C=O) groups is 2. The summed E-state index contributed by atoms with van der Waals surface area (Å²) in [7, 11) is 0. The molecule has 0 fully saturated rings. The lowest BCUT2D eigenvalue weighted by Crippen LogP contribution is -2.47. The Morgan fingerprint density at radius 1 is 1.38 bits per heavy atom. The van der Waals surface area contributed by atoms with E-state index in [0.717, 1.165) is 0 Å². The molecule has 0 rings (SSSR count). The Balaban J connectivity index is 4.75. The molecule has 94 valence electrons. The number of hydrogen-bond donors (Lipinski definition) is 1. The topological polar surface area (TPSA) is 63.4 Å². The smallest absolute Gasteiger partial charge is 0.237 e. The van der Waals surface area contributed by atoms with Gasteiger partial charge in [-0.3, -0.25) is 9.59 Å². The van der Waals surface area contributed by atoms with Crippen LogP contribution in [0.2, 0.25) is 0 Å². The number of halogens is 1. The van der Waals surface area contributed by atoms with E-state index in [1.165, 1.54) is 4.90 Å². The molecule has 0 aromatic heterocycles. The first-order valence-electron chi connectivity index (χ1n) is 5.34. The van der Waals surface area contributed by atoms with Crippen molar-refractivity contribution in [2.45, 2.75) is 27.7 Å². The van der Waals surface area contributed by atoms with Gasteiger partial charge in [-0.2, -0.15) is 0 Å². The molecule has 0 saturated heterocycles. The summed E-state index contributed by atoms with van der Waals surface area (Å²) in [6, 6.07) is 0. The molecule has 0 saturated carbocycles. The Morgan fingerprint density at radius 3 is 2.19 bits per heavy atom. The van der Waals surface area contributed by atoms with Crippen LogP contribution in [0.25, 0.3) is 0 Å². The number of nitrogens with two attached hydrogens (primary N) is 1. The standard InChI is InChI=1S/C11H21ClN2O2/c1-8(2)5-14(6-9(13)15)10(16)11(3,4)7-12/h8H,5-7H2,1-4H3,(H2,13,15). The average molecular weight is 249 g/mol. The Labute approximate surface area is 102 Å². The van der Waals surface area contributed by atoms with E-state index in [1.54, 1.807) is 13.8 Å². The van der Waals surface area contributed by atoms with Gasteiger partial charge in [-0.05, 0) is 19.8 Å². The number of alkyl halides is 1. The van der Waals surface area contributed by atoms with Gasteiger partial charge in [0.2, 0.25) is 11.8 Å². The molecule has 16 heavy (non-hydrogen) atoms. The lowest BCUT2D eigenvalue weighted by atomic mass is 9.94. The van der Waals surface area contributed by atoms with E-state index >= 15 is 0 Å². The highest BCUT2D eigenvalue weighted by Gasteiger charge is 2.32. The summed E-state index contributed by atoms with van der Waals surface area (Å²) < 4.78 is 0. The zero-order valence-electron chi connectivity index (χ0n) is 10.4. The number of primary amides is 1. The Hall–Kier alpha value is -0.770. The van der Waals surface area contributed by atoms with Crippen LogP contribution in [0.1, 0.15) is 27.7 Å². The molecule has 0 spiro atoms. The van der Waals surface area contributed by atoms with Gasteiger partial charge in [-0.15, -0.1) is 11.6 Å². The van der Waals surface area contributed by atoms with Crippen LogP contribution in [0.4, 0.5) is 0 Å². The maximum Gasteiger partial charge on any atom is 0.237 e. The van der Waals surface area contributed by atoms with E-state index in [4.69, 9.17) is 17.3 Å². The van der Waals surface area contributed by atoms with Crippen molar-refractivity contribution in [1.82, 2.24) is 4.90 Å². The Bertz CT molecular complexity index is 265. The van der Waals surface area contributed by atoms with E-state index in [0.29, 0.717) is 6.54 Å². The van der Waals surface area contributed by atoms with Gasteiger partial charge in [0.1, 0.15) is 0 Å². The van der Waals surface area contributed by atoms with Crippen LogP contribution in [0.3, 0.4) is 0 Å². The molecule has 0 aliphatic carbocycles. The molecule has 0 atom stereocenters. The number of nitrogens with zero attached hydrogens (tertiary/aromatic N) is 1. The van der Waals surface area contributed by atoms with E-state index in [-0.39, 0.29) is 24.2 Å². The fraction of sp³-hybridized carbons (Fsp3) is 0.818. The molecule has 0 heterocycles. The van der Waals surface area contributed by atoms with Gasteiger partial charge < -0.3 is 10.6 Å².